The van der Waals surface area contributed by atoms with Crippen LogP contribution in [0.1, 0.15) is 63.3 Å². The molecule has 0 radical (unpaired) electrons. The Morgan fingerprint density at radius 1 is 1.10 bits per heavy atom. The Morgan fingerprint density at radius 3 is 2.80 bits per heavy atom. The topological polar surface area (TPSA) is 107 Å². The highest BCUT2D eigenvalue weighted by molar-refractivity contribution is 5.82. The summed E-state index contributed by atoms with van der Waals surface area (Å²) in [6.07, 6.45) is 5.49. The van der Waals surface area contributed by atoms with Gasteiger partial charge in [0.25, 0.3) is 0 Å². The third kappa shape index (κ3) is 3.99. The second-order valence-corrected chi connectivity index (χ2v) is 12.4. The van der Waals surface area contributed by atoms with Crippen LogP contribution in [-0.4, -0.2) is 45.6 Å². The van der Waals surface area contributed by atoms with Crippen LogP contribution >= 0.6 is 0 Å². The lowest BCUT2D eigenvalue weighted by Gasteiger charge is -2.60. The predicted octanol–water partition coefficient (Wildman–Crippen LogP) is 4.76. The van der Waals surface area contributed by atoms with E-state index in [4.69, 9.17) is 28.4 Å². The molecule has 5 fully saturated rings. The van der Waals surface area contributed by atoms with Crippen molar-refractivity contribution in [1.29, 1.82) is 0 Å². The van der Waals surface area contributed by atoms with Crippen LogP contribution in [0.4, 0.5) is 0 Å². The standard InChI is InChI=1S/C30H37N3O7/c1-16-6-9-24-19(4)27(37-28-30(24)23(16)10-12-29(5,38-28)39-40-30)35-13-11-20-15-33(32-31-20)21-7-8-22-17(2)18(3)26(34)36-25(22)14-21/h7-8,14-16,19,23-24,27-28H,6,9-13H2,1-5H3/t16-,19-,23+,24+,27+,28-,29-,30-/m1/s1. The lowest BCUT2D eigenvalue weighted by molar-refractivity contribution is -0.577. The second-order valence-electron chi connectivity index (χ2n) is 12.4. The van der Waals surface area contributed by atoms with Gasteiger partial charge in [0.15, 0.2) is 18.2 Å². The molecule has 3 aromatic rings. The average Bonchev–Trinajstić information content (AvgIpc) is 3.29. The second kappa shape index (κ2) is 9.46. The number of rotatable bonds is 5. The summed E-state index contributed by atoms with van der Waals surface area (Å²) in [6, 6.07) is 5.71. The van der Waals surface area contributed by atoms with Gasteiger partial charge in [-0.05, 0) is 69.6 Å². The number of nitrogens with zero attached hydrogens (tertiary/aromatic N) is 3. The van der Waals surface area contributed by atoms with Gasteiger partial charge in [-0.3, -0.25) is 0 Å². The lowest BCUT2D eigenvalue weighted by atomic mass is 9.58. The Hall–Kier alpha value is -2.63. The summed E-state index contributed by atoms with van der Waals surface area (Å²) in [4.78, 5) is 24.3. The smallest absolute Gasteiger partial charge is 0.339 e. The summed E-state index contributed by atoms with van der Waals surface area (Å²) in [5.74, 6) is 0.394. The molecule has 1 aliphatic carbocycles. The Balaban J connectivity index is 1.05. The zero-order valence-electron chi connectivity index (χ0n) is 23.7. The van der Waals surface area contributed by atoms with E-state index in [-0.39, 0.29) is 17.5 Å². The molecule has 8 rings (SSSR count). The van der Waals surface area contributed by atoms with E-state index in [0.29, 0.717) is 36.0 Å². The third-order valence-corrected chi connectivity index (χ3v) is 9.98. The normalized spacial score (nSPS) is 36.9. The molecule has 40 heavy (non-hydrogen) atoms. The number of ether oxygens (including phenoxy) is 3. The van der Waals surface area contributed by atoms with Gasteiger partial charge in [0.05, 0.1) is 24.2 Å². The van der Waals surface area contributed by atoms with E-state index in [2.05, 4.69) is 24.2 Å². The summed E-state index contributed by atoms with van der Waals surface area (Å²) >= 11 is 0. The van der Waals surface area contributed by atoms with Crippen LogP contribution in [0.5, 0.6) is 0 Å². The van der Waals surface area contributed by atoms with Crippen molar-refractivity contribution in [1.82, 2.24) is 15.0 Å². The minimum atomic E-state index is -0.802. The van der Waals surface area contributed by atoms with E-state index in [9.17, 15) is 4.79 Å². The van der Waals surface area contributed by atoms with E-state index in [1.54, 1.807) is 11.6 Å². The molecule has 1 aromatic carbocycles. The molecule has 6 heterocycles. The Kier molecular flexibility index (Phi) is 6.21. The van der Waals surface area contributed by atoms with Crippen LogP contribution in [0, 0.1) is 37.5 Å². The van der Waals surface area contributed by atoms with Crippen molar-refractivity contribution in [3.05, 3.63) is 51.6 Å². The Bertz CT molecular complexity index is 1500. The molecule has 10 nitrogen and oxygen atoms in total. The summed E-state index contributed by atoms with van der Waals surface area (Å²) in [5.41, 5.74) is 2.73. The highest BCUT2D eigenvalue weighted by Crippen LogP contribution is 2.60. The molecule has 10 heteroatoms. The molecule has 0 N–H and O–H groups in total. The van der Waals surface area contributed by atoms with Crippen molar-refractivity contribution < 1.29 is 28.4 Å². The molecule has 2 aromatic heterocycles. The van der Waals surface area contributed by atoms with E-state index in [1.165, 1.54) is 0 Å². The molecule has 2 bridgehead atoms. The highest BCUT2D eigenvalue weighted by Gasteiger charge is 2.69. The number of hydrogen-bond donors (Lipinski definition) is 0. The van der Waals surface area contributed by atoms with Crippen LogP contribution in [0.3, 0.4) is 0 Å². The minimum Gasteiger partial charge on any atom is -0.422 e. The molecule has 4 aliphatic heterocycles. The number of fused-ring (bicyclic) bond motifs is 3. The first kappa shape index (κ1) is 26.3. The minimum absolute atomic E-state index is 0.121. The summed E-state index contributed by atoms with van der Waals surface area (Å²) in [7, 11) is 0. The first-order chi connectivity index (χ1) is 19.2. The largest absolute Gasteiger partial charge is 0.422 e. The van der Waals surface area contributed by atoms with Gasteiger partial charge < -0.3 is 18.6 Å². The maximum atomic E-state index is 12.2. The van der Waals surface area contributed by atoms with Crippen molar-refractivity contribution in [3.63, 3.8) is 0 Å². The summed E-state index contributed by atoms with van der Waals surface area (Å²) in [5, 5.41) is 9.54. The maximum absolute atomic E-state index is 12.2. The quantitative estimate of drug-likeness (QED) is 0.328. The molecule has 5 aliphatic rings. The van der Waals surface area contributed by atoms with Crippen molar-refractivity contribution in [2.45, 2.75) is 90.7 Å². The number of aromatic nitrogens is 3. The molecule has 0 unspecified atom stereocenters. The first-order valence-corrected chi connectivity index (χ1v) is 14.5. The average molecular weight is 552 g/mol. The molecule has 214 valence electrons. The molecule has 8 atom stereocenters. The Labute approximate surface area is 232 Å². The van der Waals surface area contributed by atoms with E-state index in [1.807, 2.05) is 38.2 Å². The number of benzene rings is 1. The van der Waals surface area contributed by atoms with Gasteiger partial charge in [-0.1, -0.05) is 19.1 Å². The fourth-order valence-corrected chi connectivity index (χ4v) is 7.46. The molecule has 1 saturated carbocycles. The van der Waals surface area contributed by atoms with Gasteiger partial charge >= 0.3 is 5.63 Å². The summed E-state index contributed by atoms with van der Waals surface area (Å²) < 4.78 is 26.5. The van der Waals surface area contributed by atoms with Gasteiger partial charge in [-0.15, -0.1) is 5.10 Å². The first-order valence-electron chi connectivity index (χ1n) is 14.5. The van der Waals surface area contributed by atoms with Gasteiger partial charge in [0.1, 0.15) is 5.58 Å². The molecule has 1 spiro atoms. The maximum Gasteiger partial charge on any atom is 0.339 e. The zero-order valence-corrected chi connectivity index (χ0v) is 23.7. The highest BCUT2D eigenvalue weighted by atomic mass is 17.3. The lowest BCUT2D eigenvalue weighted by Crippen LogP contribution is -2.70. The van der Waals surface area contributed by atoms with Gasteiger partial charge in [-0.2, -0.15) is 0 Å². The number of aryl methyl sites for hydroxylation is 1. The zero-order chi connectivity index (χ0) is 27.8. The third-order valence-electron chi connectivity index (χ3n) is 9.98. The van der Waals surface area contributed by atoms with Crippen LogP contribution in [0.25, 0.3) is 16.7 Å². The SMILES string of the molecule is Cc1c(C)c2ccc(-n3cc(CCO[C@H]4O[C@@H]5O[C@@]6(C)CC[C@H]7[C@H](C)CC[C@@H]([C@H]4C)[C@@]57OO6)nn3)cc2oc1=O. The van der Waals surface area contributed by atoms with E-state index >= 15 is 0 Å². The fourth-order valence-electron chi connectivity index (χ4n) is 7.46. The molecule has 0 amide bonds. The summed E-state index contributed by atoms with van der Waals surface area (Å²) in [6.45, 7) is 10.6. The molecular weight excluding hydrogens is 514 g/mol. The number of hydrogen-bond acceptors (Lipinski definition) is 9. The van der Waals surface area contributed by atoms with Crippen LogP contribution in [-0.2, 0) is 30.4 Å². The molecular formula is C30H37N3O7. The van der Waals surface area contributed by atoms with Crippen molar-refractivity contribution >= 4 is 11.0 Å². The van der Waals surface area contributed by atoms with Crippen LogP contribution < -0.4 is 5.63 Å². The van der Waals surface area contributed by atoms with Crippen molar-refractivity contribution in [3.8, 4) is 5.69 Å². The predicted molar refractivity (Wildman–Crippen MR) is 143 cm³/mol. The molecule has 4 saturated heterocycles. The fraction of sp³-hybridized carbons (Fsp3) is 0.633. The van der Waals surface area contributed by atoms with Gasteiger partial charge in [-0.25, -0.2) is 19.3 Å². The monoisotopic (exact) mass is 551 g/mol. The van der Waals surface area contributed by atoms with Gasteiger partial charge in [0.2, 0.25) is 5.79 Å². The van der Waals surface area contributed by atoms with Crippen molar-refractivity contribution in [2.24, 2.45) is 23.7 Å². The van der Waals surface area contributed by atoms with E-state index < -0.39 is 24.0 Å². The van der Waals surface area contributed by atoms with Crippen molar-refractivity contribution in [2.75, 3.05) is 6.61 Å². The Morgan fingerprint density at radius 2 is 1.95 bits per heavy atom. The van der Waals surface area contributed by atoms with E-state index in [0.717, 1.165) is 48.0 Å². The van der Waals surface area contributed by atoms with Crippen LogP contribution in [0.15, 0.2) is 33.6 Å². The van der Waals surface area contributed by atoms with Gasteiger partial charge in [0, 0.05) is 41.7 Å². The van der Waals surface area contributed by atoms with Crippen LogP contribution in [0.2, 0.25) is 0 Å².